The topological polar surface area (TPSA) is 62.2 Å². The van der Waals surface area contributed by atoms with Gasteiger partial charge in [0.25, 0.3) is 5.91 Å². The van der Waals surface area contributed by atoms with Gasteiger partial charge in [0.2, 0.25) is 0 Å². The van der Waals surface area contributed by atoms with Crippen molar-refractivity contribution in [2.45, 2.75) is 6.54 Å². The second-order valence-electron chi connectivity index (χ2n) is 6.62. The maximum absolute atomic E-state index is 12.9. The average Bonchev–Trinajstić information content (AvgIpc) is 2.73. The van der Waals surface area contributed by atoms with Crippen LogP contribution in [-0.2, 0) is 6.54 Å². The highest BCUT2D eigenvalue weighted by Gasteiger charge is 2.28. The fourth-order valence-electron chi connectivity index (χ4n) is 3.29. The normalized spacial score (nSPS) is 14.7. The van der Waals surface area contributed by atoms with E-state index in [0.717, 1.165) is 17.1 Å². The number of hydrogen-bond donors (Lipinski definition) is 1. The third kappa shape index (κ3) is 4.67. The van der Waals surface area contributed by atoms with Crippen molar-refractivity contribution < 1.29 is 19.4 Å². The molecule has 0 aromatic heterocycles. The highest BCUT2D eigenvalue weighted by atomic mass is 35.5. The van der Waals surface area contributed by atoms with E-state index in [0.29, 0.717) is 32.7 Å². The monoisotopic (exact) mass is 458 g/mol. The van der Waals surface area contributed by atoms with Gasteiger partial charge in [-0.15, -0.1) is 0 Å². The Labute approximate surface area is 184 Å². The summed E-state index contributed by atoms with van der Waals surface area (Å²) in [6.07, 6.45) is 0. The minimum atomic E-state index is -0.393. The third-order valence-corrected chi connectivity index (χ3v) is 5.98. The quantitative estimate of drug-likeness (QED) is 0.675. The molecule has 1 N–H and O–H groups in total. The Morgan fingerprint density at radius 2 is 1.72 bits per heavy atom. The zero-order valence-electron chi connectivity index (χ0n) is 16.0. The number of nitrogens with zero attached hydrogens (tertiary/aromatic N) is 2. The number of ether oxygens (including phenoxy) is 2. The summed E-state index contributed by atoms with van der Waals surface area (Å²) >= 11 is 18.1. The molecule has 1 aliphatic heterocycles. The van der Waals surface area contributed by atoms with E-state index in [1.165, 1.54) is 6.07 Å². The number of benzene rings is 2. The highest BCUT2D eigenvalue weighted by Crippen LogP contribution is 2.39. The molecule has 29 heavy (non-hydrogen) atoms. The Balaban J connectivity index is 1.70. The van der Waals surface area contributed by atoms with Gasteiger partial charge in [0, 0.05) is 38.3 Å². The van der Waals surface area contributed by atoms with Crippen molar-refractivity contribution in [2.75, 3.05) is 40.4 Å². The number of aromatic hydroxyl groups is 1. The predicted octanol–water partition coefficient (Wildman–Crippen LogP) is 4.33. The smallest absolute Gasteiger partial charge is 0.259 e. The van der Waals surface area contributed by atoms with E-state index in [2.05, 4.69) is 4.90 Å². The van der Waals surface area contributed by atoms with Gasteiger partial charge in [0.05, 0.1) is 29.3 Å². The fourth-order valence-corrected chi connectivity index (χ4v) is 3.98. The Kier molecular flexibility index (Phi) is 7.01. The number of methoxy groups -OCH3 is 2. The Morgan fingerprint density at radius 1 is 1.03 bits per heavy atom. The number of phenolic OH excluding ortho intramolecular Hbond substituents is 1. The molecule has 2 aromatic carbocycles. The number of rotatable bonds is 5. The van der Waals surface area contributed by atoms with Crippen molar-refractivity contribution in [3.63, 3.8) is 0 Å². The maximum atomic E-state index is 12.9. The minimum Gasteiger partial charge on any atom is -0.505 e. The van der Waals surface area contributed by atoms with Gasteiger partial charge < -0.3 is 19.5 Å². The van der Waals surface area contributed by atoms with Crippen LogP contribution in [0.15, 0.2) is 24.3 Å². The van der Waals surface area contributed by atoms with Gasteiger partial charge in [-0.2, -0.15) is 0 Å². The van der Waals surface area contributed by atoms with Gasteiger partial charge in [0.15, 0.2) is 0 Å². The number of piperazine rings is 1. The summed E-state index contributed by atoms with van der Waals surface area (Å²) in [4.78, 5) is 16.8. The van der Waals surface area contributed by atoms with E-state index in [4.69, 9.17) is 44.3 Å². The van der Waals surface area contributed by atoms with Crippen LogP contribution in [0.1, 0.15) is 15.9 Å². The van der Waals surface area contributed by atoms with Crippen molar-refractivity contribution >= 4 is 40.7 Å². The van der Waals surface area contributed by atoms with Gasteiger partial charge >= 0.3 is 0 Å². The zero-order valence-corrected chi connectivity index (χ0v) is 18.3. The van der Waals surface area contributed by atoms with E-state index in [9.17, 15) is 9.90 Å². The van der Waals surface area contributed by atoms with Crippen molar-refractivity contribution in [2.24, 2.45) is 0 Å². The van der Waals surface area contributed by atoms with Crippen LogP contribution in [0.4, 0.5) is 0 Å². The van der Waals surface area contributed by atoms with E-state index >= 15 is 0 Å². The number of hydrogen-bond acceptors (Lipinski definition) is 5. The molecule has 0 unspecified atom stereocenters. The molecule has 0 radical (unpaired) electrons. The number of amides is 1. The summed E-state index contributed by atoms with van der Waals surface area (Å²) in [5, 5.41) is 10.3. The van der Waals surface area contributed by atoms with E-state index < -0.39 is 5.91 Å². The predicted molar refractivity (Wildman–Crippen MR) is 114 cm³/mol. The lowest BCUT2D eigenvalue weighted by atomic mass is 10.1. The van der Waals surface area contributed by atoms with Gasteiger partial charge in [-0.05, 0) is 24.3 Å². The molecular formula is C20H21Cl3N2O4. The first-order valence-corrected chi connectivity index (χ1v) is 10.1. The van der Waals surface area contributed by atoms with Crippen molar-refractivity contribution in [1.82, 2.24) is 9.80 Å². The van der Waals surface area contributed by atoms with Crippen LogP contribution in [0.25, 0.3) is 0 Å². The minimum absolute atomic E-state index is 0.00196. The molecule has 0 aliphatic carbocycles. The largest absolute Gasteiger partial charge is 0.505 e. The molecular weight excluding hydrogens is 439 g/mol. The first kappa shape index (κ1) is 21.8. The molecule has 9 heteroatoms. The van der Waals surface area contributed by atoms with Crippen molar-refractivity contribution in [1.29, 1.82) is 0 Å². The number of halogens is 3. The van der Waals surface area contributed by atoms with Crippen LogP contribution in [-0.4, -0.2) is 61.2 Å². The van der Waals surface area contributed by atoms with Crippen molar-refractivity contribution in [3.8, 4) is 17.2 Å². The Hall–Kier alpha value is -1.86. The summed E-state index contributed by atoms with van der Waals surface area (Å²) in [7, 11) is 3.26. The lowest BCUT2D eigenvalue weighted by Crippen LogP contribution is -2.48. The molecule has 0 bridgehead atoms. The van der Waals surface area contributed by atoms with Gasteiger partial charge in [-0.25, -0.2) is 0 Å². The van der Waals surface area contributed by atoms with Crippen LogP contribution in [0.5, 0.6) is 17.2 Å². The molecule has 1 aliphatic rings. The fraction of sp³-hybridized carbons (Fsp3) is 0.350. The molecule has 6 nitrogen and oxygen atoms in total. The number of phenols is 1. The second-order valence-corrected chi connectivity index (χ2v) is 7.82. The lowest BCUT2D eigenvalue weighted by Gasteiger charge is -2.35. The Bertz CT molecular complexity index is 889. The molecule has 156 valence electrons. The molecule has 2 aromatic rings. The molecule has 1 heterocycles. The summed E-state index contributed by atoms with van der Waals surface area (Å²) in [6, 6.07) is 6.99. The highest BCUT2D eigenvalue weighted by molar-refractivity contribution is 6.45. The first-order chi connectivity index (χ1) is 13.8. The van der Waals surface area contributed by atoms with Crippen molar-refractivity contribution in [3.05, 3.63) is 50.5 Å². The molecule has 1 fully saturated rings. The summed E-state index contributed by atoms with van der Waals surface area (Å²) in [6.45, 7) is 2.92. The molecule has 0 spiro atoms. The van der Waals surface area contributed by atoms with Gasteiger partial charge in [-0.3, -0.25) is 9.69 Å². The summed E-state index contributed by atoms with van der Waals surface area (Å²) < 4.78 is 10.7. The molecule has 0 saturated carbocycles. The first-order valence-electron chi connectivity index (χ1n) is 8.94. The third-order valence-electron chi connectivity index (χ3n) is 4.90. The molecule has 1 saturated heterocycles. The van der Waals surface area contributed by atoms with Crippen LogP contribution < -0.4 is 9.47 Å². The molecule has 3 rings (SSSR count). The van der Waals surface area contributed by atoms with Gasteiger partial charge in [0.1, 0.15) is 22.8 Å². The van der Waals surface area contributed by atoms with Crippen LogP contribution >= 0.6 is 34.8 Å². The second kappa shape index (κ2) is 9.30. The zero-order chi connectivity index (χ0) is 21.1. The van der Waals surface area contributed by atoms with Crippen LogP contribution in [0.2, 0.25) is 15.1 Å². The SMILES string of the molecule is COc1ccc(OC)c(CN2CCN(C(=O)c3c(O)c(Cl)cc(Cl)c3Cl)CC2)c1. The standard InChI is InChI=1S/C20H21Cl3N2O4/c1-28-13-3-4-16(29-2)12(9-13)11-24-5-7-25(8-6-24)20(27)17-18(23)14(21)10-15(22)19(17)26/h3-4,9-10,26H,5-8,11H2,1-2H3. The number of carbonyl (C=O) groups is 1. The van der Waals surface area contributed by atoms with Crippen LogP contribution in [0.3, 0.4) is 0 Å². The Morgan fingerprint density at radius 3 is 2.34 bits per heavy atom. The van der Waals surface area contributed by atoms with E-state index in [1.807, 2.05) is 18.2 Å². The van der Waals surface area contributed by atoms with E-state index in [-0.39, 0.29) is 26.4 Å². The van der Waals surface area contributed by atoms with E-state index in [1.54, 1.807) is 19.1 Å². The van der Waals surface area contributed by atoms with Crippen LogP contribution in [0, 0.1) is 0 Å². The summed E-state index contributed by atoms with van der Waals surface area (Å²) in [5.74, 6) is 0.803. The number of carbonyl (C=O) groups excluding carboxylic acids is 1. The molecule has 0 atom stereocenters. The lowest BCUT2D eigenvalue weighted by molar-refractivity contribution is 0.0624. The average molecular weight is 460 g/mol. The molecule has 1 amide bonds. The van der Waals surface area contributed by atoms with Gasteiger partial charge in [-0.1, -0.05) is 34.8 Å². The maximum Gasteiger partial charge on any atom is 0.259 e. The summed E-state index contributed by atoms with van der Waals surface area (Å²) in [5.41, 5.74) is 0.945.